The number of aromatic amines is 1. The quantitative estimate of drug-likeness (QED) is 0.473. The molecule has 1 aliphatic heterocycles. The summed E-state index contributed by atoms with van der Waals surface area (Å²) in [7, 11) is 0. The third kappa shape index (κ3) is 2.38. The summed E-state index contributed by atoms with van der Waals surface area (Å²) in [4.78, 5) is 17.1. The highest BCUT2D eigenvalue weighted by Gasteiger charge is 2.27. The molecule has 0 bridgehead atoms. The Kier molecular flexibility index (Phi) is 3.32. The van der Waals surface area contributed by atoms with Crippen LogP contribution in [0.4, 0.5) is 5.95 Å². The molecule has 4 N–H and O–H groups in total. The van der Waals surface area contributed by atoms with Crippen LogP contribution in [0, 0.1) is 0 Å². The number of nitrogens with two attached hydrogens (primary N) is 1. The summed E-state index contributed by atoms with van der Waals surface area (Å²) in [6, 6.07) is 15.9. The van der Waals surface area contributed by atoms with Crippen molar-refractivity contribution in [2.24, 2.45) is 10.7 Å². The Bertz CT molecular complexity index is 1160. The highest BCUT2D eigenvalue weighted by Crippen LogP contribution is 2.32. The van der Waals surface area contributed by atoms with Crippen molar-refractivity contribution in [3.63, 3.8) is 0 Å². The van der Waals surface area contributed by atoms with Crippen molar-refractivity contribution in [2.75, 3.05) is 5.32 Å². The predicted molar refractivity (Wildman–Crippen MR) is 105 cm³/mol. The molecule has 0 aliphatic carbocycles. The van der Waals surface area contributed by atoms with E-state index in [1.165, 1.54) is 0 Å². The van der Waals surface area contributed by atoms with E-state index < -0.39 is 6.17 Å². The average molecular weight is 408 g/mol. The first-order chi connectivity index (χ1) is 12.7. The lowest BCUT2D eigenvalue weighted by molar-refractivity contribution is 0.594. The van der Waals surface area contributed by atoms with E-state index in [4.69, 9.17) is 5.73 Å². The molecule has 5 rings (SSSR count). The maximum absolute atomic E-state index is 5.97. The van der Waals surface area contributed by atoms with Crippen LogP contribution in [0.15, 0.2) is 64.2 Å². The smallest absolute Gasteiger partial charge is 0.212 e. The molecule has 1 unspecified atom stereocenters. The van der Waals surface area contributed by atoms with E-state index in [0.717, 1.165) is 26.8 Å². The van der Waals surface area contributed by atoms with E-state index in [9.17, 15) is 0 Å². The van der Waals surface area contributed by atoms with Crippen molar-refractivity contribution in [3.8, 4) is 11.3 Å². The zero-order valence-corrected chi connectivity index (χ0v) is 15.1. The van der Waals surface area contributed by atoms with E-state index in [0.29, 0.717) is 17.7 Å². The van der Waals surface area contributed by atoms with Crippen LogP contribution in [0.25, 0.3) is 22.3 Å². The van der Waals surface area contributed by atoms with E-state index in [2.05, 4.69) is 41.2 Å². The van der Waals surface area contributed by atoms with E-state index in [1.807, 2.05) is 59.3 Å². The number of H-pyrrole nitrogens is 1. The minimum Gasteiger partial charge on any atom is -0.370 e. The molecule has 128 valence electrons. The van der Waals surface area contributed by atoms with Crippen LogP contribution in [0.5, 0.6) is 0 Å². The number of aromatic nitrogens is 4. The molecule has 3 heterocycles. The zero-order valence-electron chi connectivity index (χ0n) is 13.5. The second-order valence-electron chi connectivity index (χ2n) is 6.00. The fraction of sp³-hybridized carbons (Fsp3) is 0.0556. The summed E-state index contributed by atoms with van der Waals surface area (Å²) in [5.41, 5.74) is 9.78. The molecular weight excluding hydrogens is 394 g/mol. The lowest BCUT2D eigenvalue weighted by atomic mass is 10.2. The number of para-hydroxylation sites is 2. The number of benzene rings is 2. The van der Waals surface area contributed by atoms with Crippen molar-refractivity contribution in [1.29, 1.82) is 0 Å². The van der Waals surface area contributed by atoms with Crippen LogP contribution < -0.4 is 11.1 Å². The molecule has 4 aromatic rings. The fourth-order valence-corrected chi connectivity index (χ4v) is 3.57. The maximum Gasteiger partial charge on any atom is 0.212 e. The summed E-state index contributed by atoms with van der Waals surface area (Å²) >= 11 is 3.50. The number of anilines is 1. The Morgan fingerprint density at radius 3 is 2.88 bits per heavy atom. The molecule has 2 aromatic heterocycles. The molecule has 1 atom stereocenters. The largest absolute Gasteiger partial charge is 0.370 e. The van der Waals surface area contributed by atoms with Crippen molar-refractivity contribution in [2.45, 2.75) is 6.17 Å². The standard InChI is InChI=1S/C18H14BrN7/c19-11-5-3-4-10(8-11)13-9-21-15(22-13)16-24-17(20)25-18-23-12-6-1-2-7-14(12)26(16)18/h1-9,16H,(H,21,22)(H3,20,23,24,25). The second-order valence-corrected chi connectivity index (χ2v) is 6.92. The number of hydrogen-bond donors (Lipinski definition) is 3. The predicted octanol–water partition coefficient (Wildman–Crippen LogP) is 3.48. The Morgan fingerprint density at radius 2 is 2.00 bits per heavy atom. The first kappa shape index (κ1) is 15.2. The number of nitrogens with one attached hydrogen (secondary N) is 2. The van der Waals surface area contributed by atoms with Crippen LogP contribution in [0.3, 0.4) is 0 Å². The zero-order chi connectivity index (χ0) is 17.7. The fourth-order valence-electron chi connectivity index (χ4n) is 3.17. The number of hydrogen-bond acceptors (Lipinski definition) is 5. The van der Waals surface area contributed by atoms with Gasteiger partial charge in [-0.05, 0) is 24.3 Å². The highest BCUT2D eigenvalue weighted by molar-refractivity contribution is 9.10. The molecule has 7 nitrogen and oxygen atoms in total. The number of imidazole rings is 2. The molecule has 0 spiro atoms. The Hall–Kier alpha value is -3.13. The van der Waals surface area contributed by atoms with Gasteiger partial charge in [-0.1, -0.05) is 40.2 Å². The number of guanidine groups is 1. The van der Waals surface area contributed by atoms with Crippen LogP contribution in [-0.4, -0.2) is 25.5 Å². The lowest BCUT2D eigenvalue weighted by Gasteiger charge is -2.21. The monoisotopic (exact) mass is 407 g/mol. The van der Waals surface area contributed by atoms with Crippen molar-refractivity contribution in [1.82, 2.24) is 19.5 Å². The van der Waals surface area contributed by atoms with Crippen LogP contribution >= 0.6 is 15.9 Å². The van der Waals surface area contributed by atoms with Gasteiger partial charge in [-0.2, -0.15) is 0 Å². The number of rotatable bonds is 2. The molecule has 2 aromatic carbocycles. The molecule has 8 heteroatoms. The molecule has 0 fully saturated rings. The minimum atomic E-state index is -0.403. The Morgan fingerprint density at radius 1 is 1.12 bits per heavy atom. The third-order valence-electron chi connectivity index (χ3n) is 4.32. The summed E-state index contributed by atoms with van der Waals surface area (Å²) in [5, 5.41) is 3.03. The van der Waals surface area contributed by atoms with Crippen LogP contribution in [-0.2, 0) is 0 Å². The molecular formula is C18H14BrN7. The van der Waals surface area contributed by atoms with Gasteiger partial charge in [0.1, 0.15) is 0 Å². The molecule has 26 heavy (non-hydrogen) atoms. The summed E-state index contributed by atoms with van der Waals surface area (Å²) < 4.78 is 3.01. The highest BCUT2D eigenvalue weighted by atomic mass is 79.9. The number of aliphatic imine (C=N–C) groups is 1. The summed E-state index contributed by atoms with van der Waals surface area (Å²) in [5.74, 6) is 1.68. The van der Waals surface area contributed by atoms with Gasteiger partial charge in [0.05, 0.1) is 22.9 Å². The van der Waals surface area contributed by atoms with Gasteiger partial charge in [-0.3, -0.25) is 9.88 Å². The van der Waals surface area contributed by atoms with E-state index in [1.54, 1.807) is 0 Å². The number of nitrogens with zero attached hydrogens (tertiary/aromatic N) is 4. The summed E-state index contributed by atoms with van der Waals surface area (Å²) in [6.45, 7) is 0. The van der Waals surface area contributed by atoms with E-state index >= 15 is 0 Å². The van der Waals surface area contributed by atoms with Gasteiger partial charge >= 0.3 is 0 Å². The molecule has 1 aliphatic rings. The number of halogens is 1. The van der Waals surface area contributed by atoms with Gasteiger partial charge in [0.25, 0.3) is 0 Å². The first-order valence-corrected chi connectivity index (χ1v) is 8.86. The number of fused-ring (bicyclic) bond motifs is 3. The summed E-state index contributed by atoms with van der Waals surface area (Å²) in [6.07, 6.45) is 1.41. The SMILES string of the molecule is NC1=NC(c2ncc(-c3cccc(Br)c3)[nH]2)n2c(nc3ccccc32)N1. The van der Waals surface area contributed by atoms with Crippen LogP contribution in [0.1, 0.15) is 12.0 Å². The second kappa shape index (κ2) is 5.70. The Labute approximate surface area is 157 Å². The molecule has 0 saturated carbocycles. The van der Waals surface area contributed by atoms with E-state index in [-0.39, 0.29) is 0 Å². The third-order valence-corrected chi connectivity index (χ3v) is 4.81. The van der Waals surface area contributed by atoms with Gasteiger partial charge in [-0.25, -0.2) is 15.0 Å². The van der Waals surface area contributed by atoms with Gasteiger partial charge < -0.3 is 10.7 Å². The van der Waals surface area contributed by atoms with Gasteiger partial charge in [0.15, 0.2) is 17.9 Å². The van der Waals surface area contributed by atoms with Crippen molar-refractivity contribution in [3.05, 3.63) is 65.0 Å². The molecule has 0 radical (unpaired) electrons. The van der Waals surface area contributed by atoms with Gasteiger partial charge in [-0.15, -0.1) is 0 Å². The van der Waals surface area contributed by atoms with Crippen LogP contribution in [0.2, 0.25) is 0 Å². The Balaban J connectivity index is 1.64. The average Bonchev–Trinajstić information content (AvgIpc) is 3.25. The van der Waals surface area contributed by atoms with Crippen molar-refractivity contribution < 1.29 is 0 Å². The maximum atomic E-state index is 5.97. The first-order valence-electron chi connectivity index (χ1n) is 8.07. The normalized spacial score (nSPS) is 16.2. The minimum absolute atomic E-state index is 0.318. The topological polar surface area (TPSA) is 96.9 Å². The van der Waals surface area contributed by atoms with Gasteiger partial charge in [0.2, 0.25) is 5.95 Å². The molecule has 0 amide bonds. The van der Waals surface area contributed by atoms with Gasteiger partial charge in [0, 0.05) is 10.0 Å². The molecule has 0 saturated heterocycles. The van der Waals surface area contributed by atoms with Crippen molar-refractivity contribution >= 4 is 38.9 Å². The lowest BCUT2D eigenvalue weighted by Crippen LogP contribution is -2.31.